The molecule has 0 radical (unpaired) electrons. The van der Waals surface area contributed by atoms with Gasteiger partial charge in [-0.25, -0.2) is 4.79 Å². The van der Waals surface area contributed by atoms with Crippen LogP contribution in [0.1, 0.15) is 20.3 Å². The molecule has 1 aromatic heterocycles. The molecule has 0 bridgehead atoms. The molecule has 0 aliphatic carbocycles. The summed E-state index contributed by atoms with van der Waals surface area (Å²) in [6.45, 7) is 4.25. The van der Waals surface area contributed by atoms with Crippen LogP contribution in [0, 0.1) is 0 Å². The number of hydrogen-bond acceptors (Lipinski definition) is 2. The Labute approximate surface area is 88.7 Å². The van der Waals surface area contributed by atoms with Crippen molar-refractivity contribution in [2.24, 2.45) is 7.05 Å². The van der Waals surface area contributed by atoms with E-state index in [2.05, 4.69) is 5.32 Å². The van der Waals surface area contributed by atoms with Gasteiger partial charge in [-0.2, -0.15) is 0 Å². The van der Waals surface area contributed by atoms with E-state index >= 15 is 0 Å². The number of carbonyl (C=O) groups excluding carboxylic acids is 1. The van der Waals surface area contributed by atoms with Gasteiger partial charge < -0.3 is 9.88 Å². The Balaban J connectivity index is 2.47. The van der Waals surface area contributed by atoms with Crippen molar-refractivity contribution in [3.05, 3.63) is 22.9 Å². The van der Waals surface area contributed by atoms with Crippen molar-refractivity contribution in [2.45, 2.75) is 32.9 Å². The third-order valence-electron chi connectivity index (χ3n) is 2.05. The number of carbonyl (C=O) groups is 1. The lowest BCUT2D eigenvalue weighted by molar-refractivity contribution is -0.121. The van der Waals surface area contributed by atoms with Crippen molar-refractivity contribution in [1.82, 2.24) is 14.5 Å². The molecule has 5 heteroatoms. The van der Waals surface area contributed by atoms with Crippen LogP contribution < -0.4 is 11.0 Å². The minimum Gasteiger partial charge on any atom is -0.354 e. The molecule has 5 nitrogen and oxygen atoms in total. The van der Waals surface area contributed by atoms with Crippen LogP contribution >= 0.6 is 0 Å². The lowest BCUT2D eigenvalue weighted by Gasteiger charge is -2.07. The Morgan fingerprint density at radius 3 is 2.60 bits per heavy atom. The Morgan fingerprint density at radius 2 is 2.13 bits per heavy atom. The summed E-state index contributed by atoms with van der Waals surface area (Å²) in [5.41, 5.74) is -0.0904. The fraction of sp³-hybridized carbons (Fsp3) is 0.600. The van der Waals surface area contributed by atoms with Crippen LogP contribution in [0.25, 0.3) is 0 Å². The van der Waals surface area contributed by atoms with Gasteiger partial charge in [0.1, 0.15) is 0 Å². The lowest BCUT2D eigenvalue weighted by atomic mass is 10.3. The molecule has 0 saturated carbocycles. The first kappa shape index (κ1) is 11.6. The highest BCUT2D eigenvalue weighted by molar-refractivity contribution is 5.76. The zero-order valence-electron chi connectivity index (χ0n) is 9.36. The largest absolute Gasteiger partial charge is 0.354 e. The Morgan fingerprint density at radius 1 is 1.47 bits per heavy atom. The van der Waals surface area contributed by atoms with Gasteiger partial charge >= 0.3 is 5.69 Å². The van der Waals surface area contributed by atoms with Crippen LogP contribution in [0.15, 0.2) is 17.2 Å². The SMILES string of the molecule is CC(C)NC(=O)CCn1ccn(C)c1=O. The maximum absolute atomic E-state index is 11.4. The number of nitrogens with zero attached hydrogens (tertiary/aromatic N) is 2. The maximum Gasteiger partial charge on any atom is 0.327 e. The van der Waals surface area contributed by atoms with Crippen LogP contribution in [0.3, 0.4) is 0 Å². The fourth-order valence-electron chi connectivity index (χ4n) is 1.30. The Kier molecular flexibility index (Phi) is 3.71. The molecule has 0 aliphatic rings. The van der Waals surface area contributed by atoms with Gasteiger partial charge in [-0.3, -0.25) is 9.36 Å². The monoisotopic (exact) mass is 211 g/mol. The van der Waals surface area contributed by atoms with E-state index in [0.717, 1.165) is 0 Å². The van der Waals surface area contributed by atoms with Crippen molar-refractivity contribution in [3.63, 3.8) is 0 Å². The van der Waals surface area contributed by atoms with Crippen molar-refractivity contribution in [2.75, 3.05) is 0 Å². The molecule has 1 N–H and O–H groups in total. The van der Waals surface area contributed by atoms with E-state index in [4.69, 9.17) is 0 Å². The molecule has 0 aliphatic heterocycles. The van der Waals surface area contributed by atoms with Gasteiger partial charge in [-0.1, -0.05) is 0 Å². The summed E-state index contributed by atoms with van der Waals surface area (Å²) in [7, 11) is 1.69. The predicted molar refractivity (Wildman–Crippen MR) is 57.6 cm³/mol. The van der Waals surface area contributed by atoms with Crippen LogP contribution in [-0.2, 0) is 18.4 Å². The zero-order valence-corrected chi connectivity index (χ0v) is 9.36. The number of amides is 1. The minimum atomic E-state index is -0.0904. The molecule has 1 heterocycles. The Bertz CT molecular complexity index is 390. The molecule has 84 valence electrons. The number of rotatable bonds is 4. The summed E-state index contributed by atoms with van der Waals surface area (Å²) in [5, 5.41) is 2.78. The smallest absolute Gasteiger partial charge is 0.327 e. The van der Waals surface area contributed by atoms with E-state index in [1.165, 1.54) is 9.13 Å². The second-order valence-electron chi connectivity index (χ2n) is 3.86. The van der Waals surface area contributed by atoms with Crippen molar-refractivity contribution in [1.29, 1.82) is 0 Å². The standard InChI is InChI=1S/C10H17N3O2/c1-8(2)11-9(14)4-5-13-7-6-12(3)10(13)15/h6-8H,4-5H2,1-3H3,(H,11,14). The molecule has 15 heavy (non-hydrogen) atoms. The van der Waals surface area contributed by atoms with E-state index < -0.39 is 0 Å². The normalized spacial score (nSPS) is 10.7. The summed E-state index contributed by atoms with van der Waals surface area (Å²) in [4.78, 5) is 22.7. The molecular weight excluding hydrogens is 194 g/mol. The number of aromatic nitrogens is 2. The van der Waals surface area contributed by atoms with Crippen LogP contribution in [0.4, 0.5) is 0 Å². The summed E-state index contributed by atoms with van der Waals surface area (Å²) < 4.78 is 3.01. The van der Waals surface area contributed by atoms with Crippen molar-refractivity contribution >= 4 is 5.91 Å². The third kappa shape index (κ3) is 3.27. The molecule has 0 spiro atoms. The predicted octanol–water partition coefficient (Wildman–Crippen LogP) is 0.101. The molecule has 0 atom stereocenters. The molecular formula is C10H17N3O2. The summed E-state index contributed by atoms with van der Waals surface area (Å²) in [6, 6.07) is 0.144. The first-order valence-corrected chi connectivity index (χ1v) is 5.02. The van der Waals surface area contributed by atoms with E-state index in [9.17, 15) is 9.59 Å². The third-order valence-corrected chi connectivity index (χ3v) is 2.05. The quantitative estimate of drug-likeness (QED) is 0.768. The molecule has 1 amide bonds. The number of hydrogen-bond donors (Lipinski definition) is 1. The van der Waals surface area contributed by atoms with Crippen molar-refractivity contribution in [3.8, 4) is 0 Å². The van der Waals surface area contributed by atoms with Gasteiger partial charge in [0.25, 0.3) is 0 Å². The van der Waals surface area contributed by atoms with E-state index in [-0.39, 0.29) is 17.6 Å². The first-order valence-electron chi connectivity index (χ1n) is 5.02. The second kappa shape index (κ2) is 4.82. The summed E-state index contributed by atoms with van der Waals surface area (Å²) in [5.74, 6) is -0.0271. The van der Waals surface area contributed by atoms with Gasteiger partial charge in [0.05, 0.1) is 0 Å². The second-order valence-corrected chi connectivity index (χ2v) is 3.86. The molecule has 0 aromatic carbocycles. The van der Waals surface area contributed by atoms with Crippen molar-refractivity contribution < 1.29 is 4.79 Å². The summed E-state index contributed by atoms with van der Waals surface area (Å²) >= 11 is 0. The highest BCUT2D eigenvalue weighted by atomic mass is 16.2. The molecule has 0 fully saturated rings. The Hall–Kier alpha value is -1.52. The van der Waals surface area contributed by atoms with Crippen LogP contribution in [0.5, 0.6) is 0 Å². The van der Waals surface area contributed by atoms with Gasteiger partial charge in [-0.15, -0.1) is 0 Å². The zero-order chi connectivity index (χ0) is 11.4. The number of aryl methyl sites for hydroxylation is 2. The van der Waals surface area contributed by atoms with E-state index in [1.807, 2.05) is 13.8 Å². The molecule has 0 unspecified atom stereocenters. The topological polar surface area (TPSA) is 56.0 Å². The minimum absolute atomic E-state index is 0.0271. The number of imidazole rings is 1. The maximum atomic E-state index is 11.4. The molecule has 1 aromatic rings. The molecule has 0 saturated heterocycles. The van der Waals surface area contributed by atoms with Gasteiger partial charge in [-0.05, 0) is 13.8 Å². The average Bonchev–Trinajstić information content (AvgIpc) is 2.44. The highest BCUT2D eigenvalue weighted by Crippen LogP contribution is 1.89. The fourth-order valence-corrected chi connectivity index (χ4v) is 1.30. The van der Waals surface area contributed by atoms with E-state index in [0.29, 0.717) is 13.0 Å². The first-order chi connectivity index (χ1) is 7.00. The number of nitrogens with one attached hydrogen (secondary N) is 1. The molecule has 1 rings (SSSR count). The highest BCUT2D eigenvalue weighted by Gasteiger charge is 2.05. The van der Waals surface area contributed by atoms with Gasteiger partial charge in [0, 0.05) is 38.4 Å². The average molecular weight is 211 g/mol. The van der Waals surface area contributed by atoms with Gasteiger partial charge in [0.15, 0.2) is 0 Å². The lowest BCUT2D eigenvalue weighted by Crippen LogP contribution is -2.32. The van der Waals surface area contributed by atoms with E-state index in [1.54, 1.807) is 19.4 Å². The van der Waals surface area contributed by atoms with Crippen LogP contribution in [0.2, 0.25) is 0 Å². The summed E-state index contributed by atoms with van der Waals surface area (Å²) in [6.07, 6.45) is 3.70. The van der Waals surface area contributed by atoms with Crippen LogP contribution in [-0.4, -0.2) is 21.1 Å². The van der Waals surface area contributed by atoms with Gasteiger partial charge in [0.2, 0.25) is 5.91 Å².